The van der Waals surface area contributed by atoms with Crippen molar-refractivity contribution in [2.24, 2.45) is 0 Å². The third-order valence-corrected chi connectivity index (χ3v) is 8.10. The Kier molecular flexibility index (Phi) is 4.30. The molecular formula is C36H22N4. The zero-order valence-corrected chi connectivity index (χ0v) is 21.5. The Balaban J connectivity index is 1.48. The standard InChI is InChI=1S/C36H22N4/c1-2-11-23(12-3-1)29-17-10-20-33(37-29)40-31-19-9-7-15-26(31)27-21-22-32-34(35(27)40)38-36-28-16-5-4-13-24(28)25-14-6-8-18-30(25)39(32)36/h1-22H. The second-order valence-electron chi connectivity index (χ2n) is 10.3. The molecule has 0 saturated heterocycles. The lowest BCUT2D eigenvalue weighted by Crippen LogP contribution is -1.99. The average Bonchev–Trinajstić information content (AvgIpc) is 3.59. The van der Waals surface area contributed by atoms with Crippen molar-refractivity contribution in [1.29, 1.82) is 0 Å². The van der Waals surface area contributed by atoms with Gasteiger partial charge in [-0.2, -0.15) is 0 Å². The van der Waals surface area contributed by atoms with Gasteiger partial charge in [-0.15, -0.1) is 0 Å². The molecule has 0 aliphatic rings. The van der Waals surface area contributed by atoms with Crippen molar-refractivity contribution >= 4 is 60.2 Å². The third-order valence-electron chi connectivity index (χ3n) is 8.10. The van der Waals surface area contributed by atoms with Crippen LogP contribution in [0.4, 0.5) is 0 Å². The topological polar surface area (TPSA) is 35.1 Å². The number of aromatic nitrogens is 4. The van der Waals surface area contributed by atoms with Crippen LogP contribution in [-0.2, 0) is 0 Å². The molecule has 0 aliphatic carbocycles. The Bertz CT molecular complexity index is 2430. The Labute approximate surface area is 229 Å². The van der Waals surface area contributed by atoms with E-state index in [1.165, 1.54) is 21.5 Å². The molecule has 0 spiro atoms. The smallest absolute Gasteiger partial charge is 0.146 e. The van der Waals surface area contributed by atoms with E-state index in [4.69, 9.17) is 9.97 Å². The highest BCUT2D eigenvalue weighted by atomic mass is 15.1. The second kappa shape index (κ2) is 8.01. The SMILES string of the molecule is c1ccc(-c2cccc(-n3c4ccccc4c4ccc5c(nc6c7ccccc7c7ccccc7n56)c43)n2)cc1. The first-order chi connectivity index (χ1) is 19.9. The average molecular weight is 511 g/mol. The van der Waals surface area contributed by atoms with Crippen LogP contribution in [0.15, 0.2) is 133 Å². The number of fused-ring (bicyclic) bond motifs is 12. The monoisotopic (exact) mass is 510 g/mol. The molecule has 0 unspecified atom stereocenters. The van der Waals surface area contributed by atoms with Gasteiger partial charge in [-0.05, 0) is 41.8 Å². The summed E-state index contributed by atoms with van der Waals surface area (Å²) in [5.41, 5.74) is 8.44. The van der Waals surface area contributed by atoms with Crippen LogP contribution in [0.2, 0.25) is 0 Å². The number of imidazole rings is 1. The Hall–Kier alpha value is -5.48. The van der Waals surface area contributed by atoms with Crippen LogP contribution in [0.25, 0.3) is 77.2 Å². The van der Waals surface area contributed by atoms with Crippen LogP contribution in [0.1, 0.15) is 0 Å². The van der Waals surface area contributed by atoms with Gasteiger partial charge in [0.05, 0.1) is 27.8 Å². The minimum Gasteiger partial charge on any atom is -0.292 e. The molecule has 40 heavy (non-hydrogen) atoms. The molecule has 4 nitrogen and oxygen atoms in total. The molecule has 0 fully saturated rings. The molecule has 4 heterocycles. The van der Waals surface area contributed by atoms with E-state index in [1.54, 1.807) is 0 Å². The summed E-state index contributed by atoms with van der Waals surface area (Å²) in [5, 5.41) is 5.96. The summed E-state index contributed by atoms with van der Waals surface area (Å²) in [4.78, 5) is 10.6. The van der Waals surface area contributed by atoms with E-state index in [0.29, 0.717) is 0 Å². The van der Waals surface area contributed by atoms with Crippen LogP contribution in [0.3, 0.4) is 0 Å². The molecule has 0 amide bonds. The summed E-state index contributed by atoms with van der Waals surface area (Å²) >= 11 is 0. The lowest BCUT2D eigenvalue weighted by atomic mass is 10.1. The fourth-order valence-corrected chi connectivity index (χ4v) is 6.38. The lowest BCUT2D eigenvalue weighted by molar-refractivity contribution is 1.09. The van der Waals surface area contributed by atoms with Gasteiger partial charge in [0.15, 0.2) is 0 Å². The minimum atomic E-state index is 0.881. The number of rotatable bonds is 2. The summed E-state index contributed by atoms with van der Waals surface area (Å²) in [6, 6.07) is 46.9. The number of hydrogen-bond donors (Lipinski definition) is 0. The number of hydrogen-bond acceptors (Lipinski definition) is 2. The van der Waals surface area contributed by atoms with Crippen LogP contribution in [-0.4, -0.2) is 18.9 Å². The van der Waals surface area contributed by atoms with Gasteiger partial charge in [-0.1, -0.05) is 97.1 Å². The van der Waals surface area contributed by atoms with Gasteiger partial charge in [0.2, 0.25) is 0 Å². The molecule has 0 saturated carbocycles. The highest BCUT2D eigenvalue weighted by molar-refractivity contribution is 6.20. The molecule has 0 bridgehead atoms. The van der Waals surface area contributed by atoms with Gasteiger partial charge in [0, 0.05) is 27.1 Å². The van der Waals surface area contributed by atoms with Crippen molar-refractivity contribution in [3.05, 3.63) is 133 Å². The highest BCUT2D eigenvalue weighted by Crippen LogP contribution is 2.39. The van der Waals surface area contributed by atoms with E-state index < -0.39 is 0 Å². The number of pyridine rings is 2. The van der Waals surface area contributed by atoms with E-state index in [1.807, 2.05) is 6.07 Å². The van der Waals surface area contributed by atoms with Crippen LogP contribution in [0.5, 0.6) is 0 Å². The van der Waals surface area contributed by atoms with Crippen LogP contribution < -0.4 is 0 Å². The largest absolute Gasteiger partial charge is 0.292 e. The third kappa shape index (κ3) is 2.85. The number of nitrogens with zero attached hydrogens (tertiary/aromatic N) is 4. The molecule has 0 atom stereocenters. The quantitative estimate of drug-likeness (QED) is 0.218. The maximum absolute atomic E-state index is 5.40. The summed E-state index contributed by atoms with van der Waals surface area (Å²) in [5.74, 6) is 0.881. The summed E-state index contributed by atoms with van der Waals surface area (Å²) in [6.07, 6.45) is 0. The minimum absolute atomic E-state index is 0.881. The fourth-order valence-electron chi connectivity index (χ4n) is 6.38. The van der Waals surface area contributed by atoms with Crippen molar-refractivity contribution < 1.29 is 0 Å². The van der Waals surface area contributed by atoms with Gasteiger partial charge in [0.1, 0.15) is 17.0 Å². The number of benzene rings is 5. The molecule has 0 aliphatic heterocycles. The van der Waals surface area contributed by atoms with E-state index in [9.17, 15) is 0 Å². The molecule has 5 aromatic carbocycles. The second-order valence-corrected chi connectivity index (χ2v) is 10.3. The van der Waals surface area contributed by atoms with Crippen LogP contribution in [0, 0.1) is 0 Å². The van der Waals surface area contributed by atoms with Gasteiger partial charge in [0.25, 0.3) is 0 Å². The molecule has 186 valence electrons. The molecule has 0 radical (unpaired) electrons. The first-order valence-corrected chi connectivity index (χ1v) is 13.5. The van der Waals surface area contributed by atoms with Gasteiger partial charge >= 0.3 is 0 Å². The first-order valence-electron chi connectivity index (χ1n) is 13.5. The van der Waals surface area contributed by atoms with Crippen molar-refractivity contribution in [1.82, 2.24) is 18.9 Å². The molecule has 4 aromatic heterocycles. The molecule has 9 aromatic rings. The first kappa shape index (κ1) is 21.5. The maximum Gasteiger partial charge on any atom is 0.146 e. The lowest BCUT2D eigenvalue weighted by Gasteiger charge is -2.10. The van der Waals surface area contributed by atoms with E-state index in [2.05, 4.69) is 136 Å². The van der Waals surface area contributed by atoms with Crippen molar-refractivity contribution in [2.45, 2.75) is 0 Å². The fraction of sp³-hybridized carbons (Fsp3) is 0. The zero-order valence-electron chi connectivity index (χ0n) is 21.5. The molecular weight excluding hydrogens is 488 g/mol. The van der Waals surface area contributed by atoms with E-state index in [0.717, 1.165) is 55.7 Å². The normalized spacial score (nSPS) is 12.0. The molecule has 0 N–H and O–H groups in total. The Morgan fingerprint density at radius 1 is 0.425 bits per heavy atom. The molecule has 4 heteroatoms. The Morgan fingerprint density at radius 3 is 1.93 bits per heavy atom. The summed E-state index contributed by atoms with van der Waals surface area (Å²) < 4.78 is 4.61. The van der Waals surface area contributed by atoms with Gasteiger partial charge < -0.3 is 0 Å². The highest BCUT2D eigenvalue weighted by Gasteiger charge is 2.20. The van der Waals surface area contributed by atoms with E-state index >= 15 is 0 Å². The van der Waals surface area contributed by atoms with Gasteiger partial charge in [-0.3, -0.25) is 8.97 Å². The van der Waals surface area contributed by atoms with Crippen molar-refractivity contribution in [3.8, 4) is 17.1 Å². The molecule has 9 rings (SSSR count). The van der Waals surface area contributed by atoms with Crippen molar-refractivity contribution in [3.63, 3.8) is 0 Å². The predicted octanol–water partition coefficient (Wildman–Crippen LogP) is 8.95. The van der Waals surface area contributed by atoms with Gasteiger partial charge in [-0.25, -0.2) is 9.97 Å². The maximum atomic E-state index is 5.40. The van der Waals surface area contributed by atoms with E-state index in [-0.39, 0.29) is 0 Å². The Morgan fingerprint density at radius 2 is 1.10 bits per heavy atom. The summed E-state index contributed by atoms with van der Waals surface area (Å²) in [6.45, 7) is 0. The zero-order chi connectivity index (χ0) is 26.2. The number of para-hydroxylation sites is 2. The van der Waals surface area contributed by atoms with Crippen molar-refractivity contribution in [2.75, 3.05) is 0 Å². The predicted molar refractivity (Wildman–Crippen MR) is 165 cm³/mol. The summed E-state index contributed by atoms with van der Waals surface area (Å²) in [7, 11) is 0. The van der Waals surface area contributed by atoms with Crippen LogP contribution >= 0.6 is 0 Å².